The molecular formula is C23H18Cl2N4O. The largest absolute Gasteiger partial charge is 0.318 e. The molecule has 0 aliphatic heterocycles. The smallest absolute Gasteiger partial charge is 0.295 e. The van der Waals surface area contributed by atoms with Crippen LogP contribution in [0.25, 0.3) is 17.1 Å². The van der Waals surface area contributed by atoms with Gasteiger partial charge in [-0.25, -0.2) is 9.67 Å². The second kappa shape index (κ2) is 8.30. The second-order valence-corrected chi connectivity index (χ2v) is 7.75. The lowest BCUT2D eigenvalue weighted by atomic mass is 10.1. The molecule has 7 heteroatoms. The van der Waals surface area contributed by atoms with Crippen LogP contribution in [-0.2, 0) is 0 Å². The number of hydrogen-bond acceptors (Lipinski definition) is 3. The fourth-order valence-corrected chi connectivity index (χ4v) is 3.45. The highest BCUT2D eigenvalue weighted by atomic mass is 35.5. The summed E-state index contributed by atoms with van der Waals surface area (Å²) in [6, 6.07) is 20.4. The topological polar surface area (TPSA) is 59.8 Å². The van der Waals surface area contributed by atoms with E-state index in [1.54, 1.807) is 41.1 Å². The van der Waals surface area contributed by atoms with Crippen LogP contribution in [0.15, 0.2) is 66.7 Å². The first-order valence-electron chi connectivity index (χ1n) is 9.29. The van der Waals surface area contributed by atoms with Crippen LogP contribution in [0, 0.1) is 13.8 Å². The van der Waals surface area contributed by atoms with Gasteiger partial charge in [0.05, 0.1) is 16.4 Å². The van der Waals surface area contributed by atoms with Gasteiger partial charge in [0.25, 0.3) is 5.91 Å². The number of carbonyl (C=O) groups is 1. The molecule has 30 heavy (non-hydrogen) atoms. The van der Waals surface area contributed by atoms with Gasteiger partial charge in [-0.3, -0.25) is 4.79 Å². The molecule has 1 amide bonds. The molecule has 1 aromatic heterocycles. The number of halogens is 2. The average molecular weight is 437 g/mol. The maximum absolute atomic E-state index is 12.9. The number of nitrogens with zero attached hydrogens (tertiary/aromatic N) is 3. The van der Waals surface area contributed by atoms with Crippen molar-refractivity contribution in [2.24, 2.45) is 0 Å². The molecule has 3 aromatic carbocycles. The minimum absolute atomic E-state index is 0.0331. The molecule has 0 saturated carbocycles. The Hall–Kier alpha value is -3.15. The maximum Gasteiger partial charge on any atom is 0.295 e. The Morgan fingerprint density at radius 2 is 1.77 bits per heavy atom. The lowest BCUT2D eigenvalue weighted by molar-refractivity contribution is 0.101. The SMILES string of the molecule is Cc1ccc(C)c(-n2nc(C(=O)Nc3ccccc3Cl)nc2-c2cccc(Cl)c2)c1. The molecule has 0 bridgehead atoms. The number of anilines is 1. The van der Waals surface area contributed by atoms with E-state index in [2.05, 4.69) is 15.4 Å². The van der Waals surface area contributed by atoms with Crippen molar-refractivity contribution < 1.29 is 4.79 Å². The van der Waals surface area contributed by atoms with Crippen LogP contribution in [0.1, 0.15) is 21.7 Å². The number of nitrogens with one attached hydrogen (secondary N) is 1. The van der Waals surface area contributed by atoms with Gasteiger partial charge in [0.1, 0.15) is 0 Å². The third-order valence-electron chi connectivity index (χ3n) is 4.61. The summed E-state index contributed by atoms with van der Waals surface area (Å²) >= 11 is 12.4. The molecule has 0 radical (unpaired) electrons. The van der Waals surface area contributed by atoms with Crippen LogP contribution in [0.3, 0.4) is 0 Å². The lowest BCUT2D eigenvalue weighted by Gasteiger charge is -2.10. The van der Waals surface area contributed by atoms with Gasteiger partial charge in [-0.05, 0) is 55.3 Å². The predicted octanol–water partition coefficient (Wildman–Crippen LogP) is 6.11. The summed E-state index contributed by atoms with van der Waals surface area (Å²) in [5, 5.41) is 8.31. The Kier molecular flexibility index (Phi) is 5.57. The highest BCUT2D eigenvalue weighted by molar-refractivity contribution is 6.33. The molecule has 0 spiro atoms. The monoisotopic (exact) mass is 436 g/mol. The van der Waals surface area contributed by atoms with Gasteiger partial charge < -0.3 is 5.32 Å². The first-order valence-corrected chi connectivity index (χ1v) is 10.0. The minimum Gasteiger partial charge on any atom is -0.318 e. The molecule has 1 heterocycles. The summed E-state index contributed by atoms with van der Waals surface area (Å²) in [7, 11) is 0. The minimum atomic E-state index is -0.449. The molecule has 0 aliphatic rings. The Morgan fingerprint density at radius 1 is 0.967 bits per heavy atom. The molecule has 1 N–H and O–H groups in total. The van der Waals surface area contributed by atoms with Crippen molar-refractivity contribution in [3.8, 4) is 17.1 Å². The Morgan fingerprint density at radius 3 is 2.53 bits per heavy atom. The molecule has 150 valence electrons. The van der Waals surface area contributed by atoms with Crippen molar-refractivity contribution in [2.75, 3.05) is 5.32 Å². The van der Waals surface area contributed by atoms with Gasteiger partial charge in [-0.2, -0.15) is 0 Å². The van der Waals surface area contributed by atoms with E-state index in [1.165, 1.54) is 0 Å². The average Bonchev–Trinajstić information content (AvgIpc) is 3.17. The second-order valence-electron chi connectivity index (χ2n) is 6.91. The van der Waals surface area contributed by atoms with E-state index < -0.39 is 5.91 Å². The van der Waals surface area contributed by atoms with E-state index in [1.807, 2.05) is 44.2 Å². The first-order chi connectivity index (χ1) is 14.4. The molecule has 0 unspecified atom stereocenters. The van der Waals surface area contributed by atoms with E-state index in [0.717, 1.165) is 22.4 Å². The zero-order chi connectivity index (χ0) is 21.3. The fraction of sp³-hybridized carbons (Fsp3) is 0.0870. The molecule has 5 nitrogen and oxygen atoms in total. The van der Waals surface area contributed by atoms with E-state index in [4.69, 9.17) is 23.2 Å². The van der Waals surface area contributed by atoms with Crippen molar-refractivity contribution in [1.29, 1.82) is 0 Å². The van der Waals surface area contributed by atoms with Crippen molar-refractivity contribution in [1.82, 2.24) is 14.8 Å². The summed E-state index contributed by atoms with van der Waals surface area (Å²) in [6.45, 7) is 3.99. The molecule has 0 aliphatic carbocycles. The summed E-state index contributed by atoms with van der Waals surface area (Å²) < 4.78 is 1.68. The highest BCUT2D eigenvalue weighted by Gasteiger charge is 2.20. The first kappa shape index (κ1) is 20.1. The number of aromatic nitrogens is 3. The third kappa shape index (κ3) is 4.08. The van der Waals surface area contributed by atoms with Gasteiger partial charge in [0, 0.05) is 10.6 Å². The van der Waals surface area contributed by atoms with Crippen molar-refractivity contribution >= 4 is 34.8 Å². The third-order valence-corrected chi connectivity index (χ3v) is 5.17. The van der Waals surface area contributed by atoms with Gasteiger partial charge in [0.2, 0.25) is 5.82 Å². The molecule has 0 fully saturated rings. The normalized spacial score (nSPS) is 10.8. The van der Waals surface area contributed by atoms with Crippen molar-refractivity contribution in [3.63, 3.8) is 0 Å². The number of benzene rings is 3. The fourth-order valence-electron chi connectivity index (χ4n) is 3.08. The van der Waals surface area contributed by atoms with E-state index in [0.29, 0.717) is 21.6 Å². The Labute approximate surface area is 184 Å². The molecule has 0 saturated heterocycles. The van der Waals surface area contributed by atoms with Crippen LogP contribution >= 0.6 is 23.2 Å². The maximum atomic E-state index is 12.9. The number of hydrogen-bond donors (Lipinski definition) is 1. The number of amides is 1. The Bertz CT molecular complexity index is 1250. The quantitative estimate of drug-likeness (QED) is 0.419. The van der Waals surface area contributed by atoms with Crippen molar-refractivity contribution in [3.05, 3.63) is 93.7 Å². The summed E-state index contributed by atoms with van der Waals surface area (Å²) in [5.74, 6) is 0.108. The van der Waals surface area contributed by atoms with E-state index in [9.17, 15) is 4.79 Å². The standard InChI is InChI=1S/C23H18Cl2N4O/c1-14-10-11-15(2)20(12-14)29-22(16-6-5-7-17(24)13-16)27-21(28-29)23(30)26-19-9-4-3-8-18(19)25/h3-13H,1-2H3,(H,26,30). The molecule has 4 aromatic rings. The van der Waals surface area contributed by atoms with E-state index >= 15 is 0 Å². The number of para-hydroxylation sites is 1. The van der Waals surface area contributed by atoms with Crippen LogP contribution in [0.2, 0.25) is 10.0 Å². The lowest BCUT2D eigenvalue weighted by Crippen LogP contribution is -2.14. The Balaban J connectivity index is 1.83. The van der Waals surface area contributed by atoms with Crippen LogP contribution in [0.4, 0.5) is 5.69 Å². The van der Waals surface area contributed by atoms with Gasteiger partial charge in [0.15, 0.2) is 5.82 Å². The summed E-state index contributed by atoms with van der Waals surface area (Å²) in [5.41, 5.74) is 4.18. The predicted molar refractivity (Wildman–Crippen MR) is 121 cm³/mol. The van der Waals surface area contributed by atoms with Crippen LogP contribution in [-0.4, -0.2) is 20.7 Å². The number of rotatable bonds is 4. The van der Waals surface area contributed by atoms with Gasteiger partial charge in [-0.1, -0.05) is 59.6 Å². The zero-order valence-corrected chi connectivity index (χ0v) is 17.9. The number of aryl methyl sites for hydroxylation is 2. The van der Waals surface area contributed by atoms with Gasteiger partial charge in [-0.15, -0.1) is 5.10 Å². The zero-order valence-electron chi connectivity index (χ0n) is 16.4. The summed E-state index contributed by atoms with van der Waals surface area (Å²) in [4.78, 5) is 17.4. The van der Waals surface area contributed by atoms with Crippen LogP contribution in [0.5, 0.6) is 0 Å². The van der Waals surface area contributed by atoms with Crippen LogP contribution < -0.4 is 5.32 Å². The highest BCUT2D eigenvalue weighted by Crippen LogP contribution is 2.27. The molecule has 4 rings (SSSR count). The molecular weight excluding hydrogens is 419 g/mol. The molecule has 0 atom stereocenters. The van der Waals surface area contributed by atoms with Crippen molar-refractivity contribution in [2.45, 2.75) is 13.8 Å². The number of carbonyl (C=O) groups excluding carboxylic acids is 1. The van der Waals surface area contributed by atoms with Gasteiger partial charge >= 0.3 is 0 Å². The summed E-state index contributed by atoms with van der Waals surface area (Å²) in [6.07, 6.45) is 0. The van der Waals surface area contributed by atoms with E-state index in [-0.39, 0.29) is 5.82 Å².